The molecular formula is C22H28N2O2. The van der Waals surface area contributed by atoms with Crippen LogP contribution in [0.15, 0.2) is 30.3 Å². The lowest BCUT2D eigenvalue weighted by atomic mass is 9.96. The summed E-state index contributed by atoms with van der Waals surface area (Å²) in [5, 5.41) is 3.79. The van der Waals surface area contributed by atoms with Gasteiger partial charge in [-0.15, -0.1) is 0 Å². The van der Waals surface area contributed by atoms with Crippen molar-refractivity contribution in [2.45, 2.75) is 39.2 Å². The second-order valence-corrected chi connectivity index (χ2v) is 7.42. The second-order valence-electron chi connectivity index (χ2n) is 7.42. The maximum atomic E-state index is 6.24. The number of fused-ring (bicyclic) bond motifs is 2. The molecule has 0 radical (unpaired) electrons. The van der Waals surface area contributed by atoms with Crippen molar-refractivity contribution >= 4 is 5.69 Å². The summed E-state index contributed by atoms with van der Waals surface area (Å²) in [5.41, 5.74) is 4.84. The molecule has 1 unspecified atom stereocenters. The molecule has 2 heterocycles. The molecule has 0 bridgehead atoms. The van der Waals surface area contributed by atoms with Crippen LogP contribution < -0.4 is 14.8 Å². The molecule has 1 N–H and O–H groups in total. The van der Waals surface area contributed by atoms with Gasteiger partial charge in [0, 0.05) is 42.4 Å². The van der Waals surface area contributed by atoms with Gasteiger partial charge in [0.1, 0.15) is 17.2 Å². The van der Waals surface area contributed by atoms with Crippen molar-refractivity contribution < 1.29 is 9.47 Å². The number of anilines is 1. The molecule has 4 rings (SSSR count). The van der Waals surface area contributed by atoms with E-state index in [0.717, 1.165) is 42.4 Å². The highest BCUT2D eigenvalue weighted by Gasteiger charge is 2.24. The van der Waals surface area contributed by atoms with Crippen LogP contribution in [0.2, 0.25) is 0 Å². The Balaban J connectivity index is 1.64. The summed E-state index contributed by atoms with van der Waals surface area (Å²) in [5.74, 6) is 2.71. The Hall–Kier alpha value is -2.20. The van der Waals surface area contributed by atoms with Crippen molar-refractivity contribution in [3.05, 3.63) is 47.0 Å². The number of benzene rings is 2. The molecule has 4 heteroatoms. The first-order valence-corrected chi connectivity index (χ1v) is 9.63. The van der Waals surface area contributed by atoms with Gasteiger partial charge in [0.05, 0.1) is 7.11 Å². The molecule has 0 aromatic heterocycles. The van der Waals surface area contributed by atoms with Gasteiger partial charge in [0.2, 0.25) is 0 Å². The Kier molecular flexibility index (Phi) is 4.77. The van der Waals surface area contributed by atoms with Gasteiger partial charge >= 0.3 is 0 Å². The number of aryl methyl sites for hydroxylation is 1. The van der Waals surface area contributed by atoms with Gasteiger partial charge in [-0.2, -0.15) is 0 Å². The smallest absolute Gasteiger partial charge is 0.136 e. The summed E-state index contributed by atoms with van der Waals surface area (Å²) >= 11 is 0. The first-order valence-electron chi connectivity index (χ1n) is 9.63. The summed E-state index contributed by atoms with van der Waals surface area (Å²) in [7, 11) is 1.71. The van der Waals surface area contributed by atoms with Crippen LogP contribution in [-0.4, -0.2) is 37.7 Å². The van der Waals surface area contributed by atoms with Crippen molar-refractivity contribution in [3.8, 4) is 17.2 Å². The average molecular weight is 352 g/mol. The minimum atomic E-state index is 0.472. The van der Waals surface area contributed by atoms with Crippen molar-refractivity contribution in [2.24, 2.45) is 0 Å². The molecule has 0 amide bonds. The predicted molar refractivity (Wildman–Crippen MR) is 106 cm³/mol. The average Bonchev–Trinajstić information content (AvgIpc) is 2.66. The zero-order valence-electron chi connectivity index (χ0n) is 16.0. The molecule has 138 valence electrons. The number of hydrogen-bond donors (Lipinski definition) is 1. The highest BCUT2D eigenvalue weighted by atomic mass is 16.5. The molecule has 2 aliphatic rings. The first-order chi connectivity index (χ1) is 12.7. The first kappa shape index (κ1) is 17.2. The highest BCUT2D eigenvalue weighted by Crippen LogP contribution is 2.43. The zero-order chi connectivity index (χ0) is 18.1. The lowest BCUT2D eigenvalue weighted by molar-refractivity contribution is 0.227. The highest BCUT2D eigenvalue weighted by molar-refractivity contribution is 5.66. The van der Waals surface area contributed by atoms with E-state index in [2.05, 4.69) is 48.3 Å². The summed E-state index contributed by atoms with van der Waals surface area (Å²) in [6.07, 6.45) is 3.34. The van der Waals surface area contributed by atoms with Gasteiger partial charge in [-0.1, -0.05) is 19.1 Å². The molecule has 0 spiro atoms. The van der Waals surface area contributed by atoms with Gasteiger partial charge in [-0.3, -0.25) is 0 Å². The lowest BCUT2D eigenvalue weighted by Gasteiger charge is -2.34. The van der Waals surface area contributed by atoms with E-state index in [-0.39, 0.29) is 0 Å². The third-order valence-corrected chi connectivity index (χ3v) is 5.54. The largest absolute Gasteiger partial charge is 0.497 e. The third-order valence-electron chi connectivity index (χ3n) is 5.54. The summed E-state index contributed by atoms with van der Waals surface area (Å²) < 4.78 is 11.8. The van der Waals surface area contributed by atoms with Gasteiger partial charge in [0.25, 0.3) is 0 Å². The lowest BCUT2D eigenvalue weighted by Crippen LogP contribution is -2.42. The maximum Gasteiger partial charge on any atom is 0.136 e. The Morgan fingerprint density at radius 2 is 2.12 bits per heavy atom. The van der Waals surface area contributed by atoms with E-state index in [1.807, 2.05) is 6.07 Å². The Morgan fingerprint density at radius 1 is 1.23 bits per heavy atom. The Labute approximate surface area is 156 Å². The fourth-order valence-corrected chi connectivity index (χ4v) is 4.03. The minimum absolute atomic E-state index is 0.472. The summed E-state index contributed by atoms with van der Waals surface area (Å²) in [6.45, 7) is 7.76. The van der Waals surface area contributed by atoms with Crippen LogP contribution in [0, 0.1) is 6.92 Å². The van der Waals surface area contributed by atoms with Crippen molar-refractivity contribution in [1.82, 2.24) is 4.90 Å². The van der Waals surface area contributed by atoms with Crippen molar-refractivity contribution in [1.29, 1.82) is 0 Å². The number of nitrogens with zero attached hydrogens (tertiary/aromatic N) is 1. The Morgan fingerprint density at radius 3 is 2.92 bits per heavy atom. The van der Waals surface area contributed by atoms with Crippen LogP contribution in [0.5, 0.6) is 17.2 Å². The van der Waals surface area contributed by atoms with Crippen molar-refractivity contribution in [2.75, 3.05) is 32.1 Å². The Bertz CT molecular complexity index is 803. The molecule has 2 aromatic rings. The standard InChI is InChI=1S/C22H28N2O2/c1-4-24-9-5-6-17(14-24)23-20-12-18(25-3)13-22-19(20)11-16-8-7-15(2)10-21(16)26-22/h7-8,10,12-13,17,23H,4-6,9,11,14H2,1-3H3. The van der Waals surface area contributed by atoms with E-state index < -0.39 is 0 Å². The number of hydrogen-bond acceptors (Lipinski definition) is 4. The van der Waals surface area contributed by atoms with Gasteiger partial charge in [-0.05, 0) is 50.0 Å². The number of piperidine rings is 1. The molecule has 1 atom stereocenters. The number of methoxy groups -OCH3 is 1. The normalized spacial score (nSPS) is 19.3. The van der Waals surface area contributed by atoms with E-state index in [0.29, 0.717) is 6.04 Å². The number of likely N-dealkylation sites (tertiary alicyclic amines) is 1. The van der Waals surface area contributed by atoms with E-state index in [4.69, 9.17) is 9.47 Å². The quantitative estimate of drug-likeness (QED) is 0.744. The van der Waals surface area contributed by atoms with Crippen LogP contribution in [0.3, 0.4) is 0 Å². The molecule has 0 aliphatic carbocycles. The predicted octanol–water partition coefficient (Wildman–Crippen LogP) is 4.60. The van der Waals surface area contributed by atoms with Crippen LogP contribution in [0.25, 0.3) is 0 Å². The van der Waals surface area contributed by atoms with E-state index in [1.165, 1.54) is 36.1 Å². The monoisotopic (exact) mass is 352 g/mol. The molecule has 1 fully saturated rings. The molecular weight excluding hydrogens is 324 g/mol. The molecule has 4 nitrogen and oxygen atoms in total. The van der Waals surface area contributed by atoms with Gasteiger partial charge in [0.15, 0.2) is 0 Å². The van der Waals surface area contributed by atoms with E-state index >= 15 is 0 Å². The summed E-state index contributed by atoms with van der Waals surface area (Å²) in [6, 6.07) is 11.0. The third kappa shape index (κ3) is 3.38. The fourth-order valence-electron chi connectivity index (χ4n) is 4.03. The van der Waals surface area contributed by atoms with E-state index in [9.17, 15) is 0 Å². The minimum Gasteiger partial charge on any atom is -0.497 e. The fraction of sp³-hybridized carbons (Fsp3) is 0.455. The van der Waals surface area contributed by atoms with Crippen LogP contribution in [0.4, 0.5) is 5.69 Å². The number of rotatable bonds is 4. The number of ether oxygens (including phenoxy) is 2. The molecule has 0 saturated carbocycles. The van der Waals surface area contributed by atoms with Gasteiger partial charge in [-0.25, -0.2) is 0 Å². The maximum absolute atomic E-state index is 6.24. The SMILES string of the molecule is CCN1CCCC(Nc2cc(OC)cc3c2Cc2ccc(C)cc2O3)C1. The molecule has 2 aliphatic heterocycles. The molecule has 1 saturated heterocycles. The topological polar surface area (TPSA) is 33.7 Å². The van der Waals surface area contributed by atoms with Crippen molar-refractivity contribution in [3.63, 3.8) is 0 Å². The van der Waals surface area contributed by atoms with Crippen LogP contribution in [0.1, 0.15) is 36.5 Å². The summed E-state index contributed by atoms with van der Waals surface area (Å²) in [4.78, 5) is 2.52. The number of nitrogens with one attached hydrogen (secondary N) is 1. The van der Waals surface area contributed by atoms with Crippen LogP contribution in [-0.2, 0) is 6.42 Å². The van der Waals surface area contributed by atoms with Gasteiger partial charge < -0.3 is 19.7 Å². The number of likely N-dealkylation sites (N-methyl/N-ethyl adjacent to an activating group) is 1. The molecule has 2 aromatic carbocycles. The van der Waals surface area contributed by atoms with Crippen LogP contribution >= 0.6 is 0 Å². The van der Waals surface area contributed by atoms with E-state index in [1.54, 1.807) is 7.11 Å². The zero-order valence-corrected chi connectivity index (χ0v) is 16.0. The second kappa shape index (κ2) is 7.20. The molecule has 26 heavy (non-hydrogen) atoms.